The Morgan fingerprint density at radius 2 is 2.24 bits per heavy atom. The summed E-state index contributed by atoms with van der Waals surface area (Å²) in [6.45, 7) is 0.557. The van der Waals surface area contributed by atoms with E-state index in [1.165, 1.54) is 11.0 Å². The number of carbonyl (C=O) groups is 1. The molecule has 0 bridgehead atoms. The first kappa shape index (κ1) is 11.6. The number of likely N-dealkylation sites (tertiary alicyclic amines) is 1. The Hall–Kier alpha value is -1.84. The summed E-state index contributed by atoms with van der Waals surface area (Å²) in [4.78, 5) is 12.3. The van der Waals surface area contributed by atoms with Gasteiger partial charge in [-0.25, -0.2) is 9.18 Å². The van der Waals surface area contributed by atoms with Crippen LogP contribution in [0.1, 0.15) is 18.4 Å². The zero-order valence-electron chi connectivity index (χ0n) is 9.34. The maximum Gasteiger partial charge on any atom is 0.407 e. The van der Waals surface area contributed by atoms with Crippen LogP contribution in [0.5, 0.6) is 0 Å². The normalized spacial score (nSPS) is 20.1. The predicted octanol–water partition coefficient (Wildman–Crippen LogP) is 2.98. The smallest absolute Gasteiger partial charge is 0.407 e. The summed E-state index contributed by atoms with van der Waals surface area (Å²) in [7, 11) is 0. The number of benzene rings is 1. The summed E-state index contributed by atoms with van der Waals surface area (Å²) in [6.07, 6.45) is 4.17. The number of carboxylic acid groups (broad SMARTS) is 1. The molecule has 2 rings (SSSR count). The molecule has 4 heteroatoms. The molecule has 1 saturated heterocycles. The van der Waals surface area contributed by atoms with E-state index in [1.807, 2.05) is 0 Å². The van der Waals surface area contributed by atoms with E-state index in [-0.39, 0.29) is 11.9 Å². The maximum atomic E-state index is 13.3. The van der Waals surface area contributed by atoms with Gasteiger partial charge in [-0.15, -0.1) is 0 Å². The largest absolute Gasteiger partial charge is 0.465 e. The van der Waals surface area contributed by atoms with Crippen LogP contribution in [0.25, 0.3) is 6.08 Å². The van der Waals surface area contributed by atoms with Crippen molar-refractivity contribution in [1.82, 2.24) is 4.90 Å². The van der Waals surface area contributed by atoms with Crippen molar-refractivity contribution >= 4 is 12.2 Å². The van der Waals surface area contributed by atoms with E-state index in [0.717, 1.165) is 12.8 Å². The summed E-state index contributed by atoms with van der Waals surface area (Å²) in [5, 5.41) is 8.95. The van der Waals surface area contributed by atoms with Crippen LogP contribution in [0.15, 0.2) is 30.3 Å². The number of halogens is 1. The van der Waals surface area contributed by atoms with Gasteiger partial charge in [0.05, 0.1) is 6.04 Å². The minimum Gasteiger partial charge on any atom is -0.465 e. The number of nitrogens with zero attached hydrogens (tertiary/aromatic N) is 1. The van der Waals surface area contributed by atoms with Gasteiger partial charge in [-0.05, 0) is 18.9 Å². The van der Waals surface area contributed by atoms with Crippen molar-refractivity contribution in [2.45, 2.75) is 18.9 Å². The molecule has 1 N–H and O–H groups in total. The van der Waals surface area contributed by atoms with E-state index in [9.17, 15) is 9.18 Å². The van der Waals surface area contributed by atoms with Crippen LogP contribution in [-0.4, -0.2) is 28.7 Å². The maximum absolute atomic E-state index is 13.3. The van der Waals surface area contributed by atoms with E-state index in [2.05, 4.69) is 0 Å². The Morgan fingerprint density at radius 1 is 1.47 bits per heavy atom. The zero-order valence-corrected chi connectivity index (χ0v) is 9.34. The lowest BCUT2D eigenvalue weighted by Crippen LogP contribution is -2.32. The van der Waals surface area contributed by atoms with Crippen LogP contribution in [0.4, 0.5) is 9.18 Å². The van der Waals surface area contributed by atoms with Gasteiger partial charge in [0.25, 0.3) is 0 Å². The Morgan fingerprint density at radius 3 is 2.94 bits per heavy atom. The molecular formula is C13H14FNO2. The van der Waals surface area contributed by atoms with E-state index < -0.39 is 6.09 Å². The van der Waals surface area contributed by atoms with Crippen LogP contribution in [-0.2, 0) is 0 Å². The van der Waals surface area contributed by atoms with Gasteiger partial charge >= 0.3 is 6.09 Å². The van der Waals surface area contributed by atoms with E-state index >= 15 is 0 Å². The van der Waals surface area contributed by atoms with Gasteiger partial charge < -0.3 is 10.0 Å². The Balaban J connectivity index is 2.10. The van der Waals surface area contributed by atoms with Crippen LogP contribution < -0.4 is 0 Å². The summed E-state index contributed by atoms with van der Waals surface area (Å²) in [5.41, 5.74) is 0.490. The molecule has 0 aliphatic carbocycles. The van der Waals surface area contributed by atoms with Crippen molar-refractivity contribution in [3.63, 3.8) is 0 Å². The van der Waals surface area contributed by atoms with Gasteiger partial charge in [0.2, 0.25) is 0 Å². The minimum absolute atomic E-state index is 0.132. The summed E-state index contributed by atoms with van der Waals surface area (Å²) < 4.78 is 13.3. The monoisotopic (exact) mass is 235 g/mol. The first-order chi connectivity index (χ1) is 8.18. The zero-order chi connectivity index (χ0) is 12.3. The number of hydrogen-bond donors (Lipinski definition) is 1. The van der Waals surface area contributed by atoms with Crippen molar-refractivity contribution < 1.29 is 14.3 Å². The molecule has 1 aliphatic rings. The third kappa shape index (κ3) is 2.64. The molecule has 0 saturated carbocycles. The molecule has 0 aromatic heterocycles. The Labute approximate surface area is 99.2 Å². The average molecular weight is 235 g/mol. The van der Waals surface area contributed by atoms with Gasteiger partial charge in [-0.1, -0.05) is 30.4 Å². The predicted molar refractivity (Wildman–Crippen MR) is 63.2 cm³/mol. The van der Waals surface area contributed by atoms with Gasteiger partial charge in [0.15, 0.2) is 0 Å². The second kappa shape index (κ2) is 4.99. The lowest BCUT2D eigenvalue weighted by Gasteiger charge is -2.17. The standard InChI is InChI=1S/C13H14FNO2/c14-12-6-2-1-4-10(12)7-8-11-5-3-9-15(11)13(16)17/h1-2,4,6-8,11H,3,5,9H2,(H,16,17). The van der Waals surface area contributed by atoms with Crippen molar-refractivity contribution in [2.24, 2.45) is 0 Å². The van der Waals surface area contributed by atoms with E-state index in [1.54, 1.807) is 30.4 Å². The molecule has 1 heterocycles. The molecule has 1 fully saturated rings. The van der Waals surface area contributed by atoms with Gasteiger partial charge in [0.1, 0.15) is 5.82 Å². The highest BCUT2D eigenvalue weighted by molar-refractivity contribution is 5.66. The Kier molecular flexibility index (Phi) is 3.42. The number of hydrogen-bond acceptors (Lipinski definition) is 1. The van der Waals surface area contributed by atoms with Gasteiger partial charge in [0, 0.05) is 12.1 Å². The fourth-order valence-electron chi connectivity index (χ4n) is 2.06. The molecule has 1 unspecified atom stereocenters. The van der Waals surface area contributed by atoms with E-state index in [4.69, 9.17) is 5.11 Å². The van der Waals surface area contributed by atoms with Crippen molar-refractivity contribution in [2.75, 3.05) is 6.54 Å². The van der Waals surface area contributed by atoms with Crippen molar-refractivity contribution in [3.8, 4) is 0 Å². The molecule has 1 atom stereocenters. The highest BCUT2D eigenvalue weighted by Crippen LogP contribution is 2.19. The van der Waals surface area contributed by atoms with Crippen LogP contribution in [0, 0.1) is 5.82 Å². The number of rotatable bonds is 2. The molecule has 1 aromatic rings. The summed E-state index contributed by atoms with van der Waals surface area (Å²) in [5.74, 6) is -0.288. The van der Waals surface area contributed by atoms with Crippen LogP contribution >= 0.6 is 0 Å². The summed E-state index contributed by atoms with van der Waals surface area (Å²) >= 11 is 0. The Bertz CT molecular complexity index is 445. The molecular weight excluding hydrogens is 221 g/mol. The highest BCUT2D eigenvalue weighted by Gasteiger charge is 2.26. The molecule has 1 aliphatic heterocycles. The second-order valence-electron chi connectivity index (χ2n) is 4.07. The minimum atomic E-state index is -0.911. The first-order valence-electron chi connectivity index (χ1n) is 5.61. The lowest BCUT2D eigenvalue weighted by atomic mass is 10.1. The van der Waals surface area contributed by atoms with Crippen LogP contribution in [0.2, 0.25) is 0 Å². The molecule has 1 aromatic carbocycles. The average Bonchev–Trinajstić information content (AvgIpc) is 2.76. The van der Waals surface area contributed by atoms with Gasteiger partial charge in [-0.2, -0.15) is 0 Å². The van der Waals surface area contributed by atoms with Crippen molar-refractivity contribution in [1.29, 1.82) is 0 Å². The topological polar surface area (TPSA) is 40.5 Å². The molecule has 90 valence electrons. The fourth-order valence-corrected chi connectivity index (χ4v) is 2.06. The van der Waals surface area contributed by atoms with E-state index in [0.29, 0.717) is 12.1 Å². The first-order valence-corrected chi connectivity index (χ1v) is 5.61. The second-order valence-corrected chi connectivity index (χ2v) is 4.07. The quantitative estimate of drug-likeness (QED) is 0.856. The molecule has 1 amide bonds. The third-order valence-electron chi connectivity index (χ3n) is 2.95. The highest BCUT2D eigenvalue weighted by atomic mass is 19.1. The van der Waals surface area contributed by atoms with Crippen molar-refractivity contribution in [3.05, 3.63) is 41.7 Å². The third-order valence-corrected chi connectivity index (χ3v) is 2.95. The molecule has 17 heavy (non-hydrogen) atoms. The van der Waals surface area contributed by atoms with Gasteiger partial charge in [-0.3, -0.25) is 0 Å². The molecule has 0 spiro atoms. The SMILES string of the molecule is O=C(O)N1CCCC1C=Cc1ccccc1F. The lowest BCUT2D eigenvalue weighted by molar-refractivity contribution is 0.147. The molecule has 0 radical (unpaired) electrons. The molecule has 3 nitrogen and oxygen atoms in total. The van der Waals surface area contributed by atoms with Crippen LogP contribution in [0.3, 0.4) is 0 Å². The fraction of sp³-hybridized carbons (Fsp3) is 0.308. The summed E-state index contributed by atoms with van der Waals surface area (Å²) in [6, 6.07) is 6.32. The number of amides is 1.